The number of benzene rings is 1. The second-order valence-corrected chi connectivity index (χ2v) is 6.36. The molecule has 2 aliphatic rings. The Balaban J connectivity index is 0.00000176. The van der Waals surface area contributed by atoms with Crippen molar-refractivity contribution in [1.29, 1.82) is 0 Å². The molecule has 1 fully saturated rings. The molecule has 1 aromatic rings. The third kappa shape index (κ3) is 3.14. The SMILES string of the molecule is Cc1ccc2c(c1)CCC2NC(=O)C1(CN)CCOCC1.Cl. The van der Waals surface area contributed by atoms with Crippen LogP contribution in [0.3, 0.4) is 0 Å². The van der Waals surface area contributed by atoms with Gasteiger partial charge in [0.25, 0.3) is 0 Å². The van der Waals surface area contributed by atoms with Crippen LogP contribution in [0.15, 0.2) is 18.2 Å². The maximum atomic E-state index is 12.7. The van der Waals surface area contributed by atoms with Crippen LogP contribution in [0.5, 0.6) is 0 Å². The number of amides is 1. The second-order valence-electron chi connectivity index (χ2n) is 6.36. The first kappa shape index (κ1) is 17.3. The highest BCUT2D eigenvalue weighted by molar-refractivity contribution is 5.85. The lowest BCUT2D eigenvalue weighted by Gasteiger charge is -2.35. The van der Waals surface area contributed by atoms with Crippen molar-refractivity contribution in [2.45, 2.75) is 38.6 Å². The molecule has 1 atom stereocenters. The fourth-order valence-corrected chi connectivity index (χ4v) is 3.49. The molecule has 0 bridgehead atoms. The Kier molecular flexibility index (Phi) is 5.48. The number of aryl methyl sites for hydroxylation is 2. The van der Waals surface area contributed by atoms with E-state index in [1.165, 1.54) is 16.7 Å². The zero-order valence-electron chi connectivity index (χ0n) is 13.1. The van der Waals surface area contributed by atoms with E-state index in [0.717, 1.165) is 25.7 Å². The summed E-state index contributed by atoms with van der Waals surface area (Å²) in [6, 6.07) is 6.65. The lowest BCUT2D eigenvalue weighted by molar-refractivity contribution is -0.136. The molecule has 1 aromatic carbocycles. The van der Waals surface area contributed by atoms with E-state index in [1.807, 2.05) is 0 Å². The topological polar surface area (TPSA) is 64.4 Å². The van der Waals surface area contributed by atoms with Crippen molar-refractivity contribution >= 4 is 18.3 Å². The van der Waals surface area contributed by atoms with E-state index in [4.69, 9.17) is 10.5 Å². The fraction of sp³-hybridized carbons (Fsp3) is 0.588. The summed E-state index contributed by atoms with van der Waals surface area (Å²) in [6.07, 6.45) is 3.48. The van der Waals surface area contributed by atoms with Gasteiger partial charge in [-0.25, -0.2) is 0 Å². The number of hydrogen-bond acceptors (Lipinski definition) is 3. The maximum absolute atomic E-state index is 12.7. The summed E-state index contributed by atoms with van der Waals surface area (Å²) in [4.78, 5) is 12.7. The van der Waals surface area contributed by atoms with Crippen LogP contribution in [0.25, 0.3) is 0 Å². The van der Waals surface area contributed by atoms with E-state index in [-0.39, 0.29) is 24.4 Å². The van der Waals surface area contributed by atoms with Crippen molar-refractivity contribution in [3.05, 3.63) is 34.9 Å². The molecule has 1 aliphatic heterocycles. The molecular weight excluding hydrogens is 300 g/mol. The molecule has 1 saturated heterocycles. The third-order valence-corrected chi connectivity index (χ3v) is 5.00. The van der Waals surface area contributed by atoms with Crippen LogP contribution < -0.4 is 11.1 Å². The van der Waals surface area contributed by atoms with Gasteiger partial charge in [-0.1, -0.05) is 23.8 Å². The zero-order valence-corrected chi connectivity index (χ0v) is 13.9. The summed E-state index contributed by atoms with van der Waals surface area (Å²) < 4.78 is 5.38. The molecule has 4 nitrogen and oxygen atoms in total. The smallest absolute Gasteiger partial charge is 0.228 e. The van der Waals surface area contributed by atoms with Crippen molar-refractivity contribution in [2.75, 3.05) is 19.8 Å². The Morgan fingerprint density at radius 2 is 2.14 bits per heavy atom. The Morgan fingerprint density at radius 3 is 2.82 bits per heavy atom. The fourth-order valence-electron chi connectivity index (χ4n) is 3.49. The minimum atomic E-state index is -0.439. The van der Waals surface area contributed by atoms with Crippen molar-refractivity contribution in [1.82, 2.24) is 5.32 Å². The van der Waals surface area contributed by atoms with Gasteiger partial charge in [-0.05, 0) is 43.7 Å². The summed E-state index contributed by atoms with van der Waals surface area (Å²) >= 11 is 0. The summed E-state index contributed by atoms with van der Waals surface area (Å²) in [5.74, 6) is 0.103. The molecule has 0 saturated carbocycles. The van der Waals surface area contributed by atoms with Crippen LogP contribution in [-0.2, 0) is 16.0 Å². The van der Waals surface area contributed by atoms with Gasteiger partial charge in [0.2, 0.25) is 5.91 Å². The molecule has 1 aliphatic carbocycles. The summed E-state index contributed by atoms with van der Waals surface area (Å²) in [5, 5.41) is 3.24. The van der Waals surface area contributed by atoms with Gasteiger partial charge >= 0.3 is 0 Å². The Bertz CT molecular complexity index is 541. The first-order valence-electron chi connectivity index (χ1n) is 7.83. The van der Waals surface area contributed by atoms with Gasteiger partial charge in [-0.2, -0.15) is 0 Å². The minimum absolute atomic E-state index is 0. The quantitative estimate of drug-likeness (QED) is 0.896. The number of nitrogens with one attached hydrogen (secondary N) is 1. The number of carbonyl (C=O) groups excluding carboxylic acids is 1. The van der Waals surface area contributed by atoms with E-state index in [9.17, 15) is 4.79 Å². The Hall–Kier alpha value is -1.10. The Morgan fingerprint density at radius 1 is 1.41 bits per heavy atom. The van der Waals surface area contributed by atoms with Gasteiger partial charge in [0.1, 0.15) is 0 Å². The minimum Gasteiger partial charge on any atom is -0.381 e. The number of fused-ring (bicyclic) bond motifs is 1. The summed E-state index contributed by atoms with van der Waals surface area (Å²) in [7, 11) is 0. The van der Waals surface area contributed by atoms with E-state index in [2.05, 4.69) is 30.4 Å². The molecule has 122 valence electrons. The number of carbonyl (C=O) groups is 1. The average Bonchev–Trinajstić information content (AvgIpc) is 2.90. The lowest BCUT2D eigenvalue weighted by Crippen LogP contribution is -2.49. The molecule has 1 unspecified atom stereocenters. The molecule has 0 radical (unpaired) electrons. The molecule has 1 amide bonds. The van der Waals surface area contributed by atoms with Crippen LogP contribution in [0, 0.1) is 12.3 Å². The number of ether oxygens (including phenoxy) is 1. The van der Waals surface area contributed by atoms with Crippen LogP contribution >= 0.6 is 12.4 Å². The van der Waals surface area contributed by atoms with Crippen LogP contribution in [-0.4, -0.2) is 25.7 Å². The average molecular weight is 325 g/mol. The predicted molar refractivity (Wildman–Crippen MR) is 89.2 cm³/mol. The van der Waals surface area contributed by atoms with E-state index >= 15 is 0 Å². The monoisotopic (exact) mass is 324 g/mol. The van der Waals surface area contributed by atoms with Gasteiger partial charge < -0.3 is 15.8 Å². The molecule has 22 heavy (non-hydrogen) atoms. The van der Waals surface area contributed by atoms with Crippen molar-refractivity contribution in [3.8, 4) is 0 Å². The van der Waals surface area contributed by atoms with Gasteiger partial charge in [-0.3, -0.25) is 4.79 Å². The number of nitrogens with two attached hydrogens (primary N) is 1. The van der Waals surface area contributed by atoms with Crippen molar-refractivity contribution < 1.29 is 9.53 Å². The van der Waals surface area contributed by atoms with Gasteiger partial charge in [0.05, 0.1) is 11.5 Å². The van der Waals surface area contributed by atoms with E-state index < -0.39 is 5.41 Å². The number of halogens is 1. The molecule has 1 heterocycles. The molecule has 0 aromatic heterocycles. The first-order chi connectivity index (χ1) is 10.1. The van der Waals surface area contributed by atoms with Gasteiger partial charge in [0, 0.05) is 19.8 Å². The van der Waals surface area contributed by atoms with Gasteiger partial charge in [0.15, 0.2) is 0 Å². The molecular formula is C17H25ClN2O2. The molecule has 0 spiro atoms. The van der Waals surface area contributed by atoms with Crippen molar-refractivity contribution in [2.24, 2.45) is 11.1 Å². The molecule has 5 heteroatoms. The number of hydrogen-bond donors (Lipinski definition) is 2. The number of rotatable bonds is 3. The van der Waals surface area contributed by atoms with E-state index in [0.29, 0.717) is 19.8 Å². The van der Waals surface area contributed by atoms with Gasteiger partial charge in [-0.15, -0.1) is 12.4 Å². The lowest BCUT2D eigenvalue weighted by atomic mass is 9.79. The van der Waals surface area contributed by atoms with E-state index in [1.54, 1.807) is 0 Å². The van der Waals surface area contributed by atoms with Crippen LogP contribution in [0.2, 0.25) is 0 Å². The maximum Gasteiger partial charge on any atom is 0.228 e. The largest absolute Gasteiger partial charge is 0.381 e. The summed E-state index contributed by atoms with van der Waals surface area (Å²) in [5.41, 5.74) is 9.39. The third-order valence-electron chi connectivity index (χ3n) is 5.00. The van der Waals surface area contributed by atoms with Crippen LogP contribution in [0.4, 0.5) is 0 Å². The normalized spacial score (nSPS) is 22.5. The highest BCUT2D eigenvalue weighted by Crippen LogP contribution is 2.35. The standard InChI is InChI=1S/C17H24N2O2.ClH/c1-12-2-4-14-13(10-12)3-5-15(14)19-16(20)17(11-18)6-8-21-9-7-17;/h2,4,10,15H,3,5-9,11,18H2,1H3,(H,19,20);1H. The van der Waals surface area contributed by atoms with Crippen LogP contribution in [0.1, 0.15) is 42.0 Å². The molecule has 3 rings (SSSR count). The highest BCUT2D eigenvalue weighted by Gasteiger charge is 2.40. The summed E-state index contributed by atoms with van der Waals surface area (Å²) in [6.45, 7) is 3.77. The first-order valence-corrected chi connectivity index (χ1v) is 7.83. The second kappa shape index (κ2) is 6.99. The Labute approximate surface area is 138 Å². The van der Waals surface area contributed by atoms with Crippen molar-refractivity contribution in [3.63, 3.8) is 0 Å². The predicted octanol–water partition coefficient (Wildman–Crippen LogP) is 2.28. The highest BCUT2D eigenvalue weighted by atomic mass is 35.5. The zero-order chi connectivity index (χ0) is 14.9. The molecule has 3 N–H and O–H groups in total.